The number of benzene rings is 1. The van der Waals surface area contributed by atoms with Crippen LogP contribution in [0.3, 0.4) is 0 Å². The summed E-state index contributed by atoms with van der Waals surface area (Å²) in [5, 5.41) is 3.34. The van der Waals surface area contributed by atoms with Crippen LogP contribution in [0.25, 0.3) is 10.4 Å². The Hall–Kier alpha value is -1.19. The molecule has 0 amide bonds. The van der Waals surface area contributed by atoms with E-state index in [1.165, 1.54) is 21.9 Å². The van der Waals surface area contributed by atoms with Gasteiger partial charge in [-0.3, -0.25) is 0 Å². The fraction of sp³-hybridized carbons (Fsp3) is 0.333. The van der Waals surface area contributed by atoms with E-state index in [2.05, 4.69) is 31.3 Å². The summed E-state index contributed by atoms with van der Waals surface area (Å²) in [7, 11) is 1.99. The molecule has 0 aliphatic heterocycles. The molecular weight excluding hydrogens is 245 g/mol. The SMILES string of the molecule is CNC(c1ccc(-c2ccc(F)cc2)s1)C(C)C. The lowest BCUT2D eigenvalue weighted by molar-refractivity contribution is 0.449. The Morgan fingerprint density at radius 1 is 1.06 bits per heavy atom. The highest BCUT2D eigenvalue weighted by atomic mass is 32.1. The third-order valence-corrected chi connectivity index (χ3v) is 4.26. The molecule has 1 aromatic heterocycles. The molecule has 1 heterocycles. The second-order valence-corrected chi connectivity index (χ2v) is 5.83. The summed E-state index contributed by atoms with van der Waals surface area (Å²) >= 11 is 1.77. The van der Waals surface area contributed by atoms with Crippen LogP contribution in [0.1, 0.15) is 24.8 Å². The van der Waals surface area contributed by atoms with Crippen LogP contribution in [0.2, 0.25) is 0 Å². The maximum absolute atomic E-state index is 12.9. The molecule has 0 bridgehead atoms. The highest BCUT2D eigenvalue weighted by Crippen LogP contribution is 2.33. The number of halogens is 1. The molecule has 0 saturated heterocycles. The molecular formula is C15H18FNS. The van der Waals surface area contributed by atoms with Gasteiger partial charge < -0.3 is 5.32 Å². The second kappa shape index (κ2) is 5.63. The van der Waals surface area contributed by atoms with Crippen molar-refractivity contribution in [3.05, 3.63) is 47.1 Å². The van der Waals surface area contributed by atoms with E-state index in [4.69, 9.17) is 0 Å². The predicted molar refractivity (Wildman–Crippen MR) is 76.4 cm³/mol. The third-order valence-electron chi connectivity index (χ3n) is 3.04. The monoisotopic (exact) mass is 263 g/mol. The summed E-state index contributed by atoms with van der Waals surface area (Å²) < 4.78 is 12.9. The molecule has 1 aromatic carbocycles. The zero-order chi connectivity index (χ0) is 13.1. The van der Waals surface area contributed by atoms with Gasteiger partial charge >= 0.3 is 0 Å². The standard InChI is InChI=1S/C15H18FNS/c1-10(2)15(17-3)14-9-8-13(18-14)11-4-6-12(16)7-5-11/h4-10,15,17H,1-3H3. The Bertz CT molecular complexity index is 501. The van der Waals surface area contributed by atoms with E-state index in [0.717, 1.165) is 5.56 Å². The van der Waals surface area contributed by atoms with Gasteiger partial charge in [-0.25, -0.2) is 4.39 Å². The van der Waals surface area contributed by atoms with Crippen molar-refractivity contribution < 1.29 is 4.39 Å². The first-order chi connectivity index (χ1) is 8.61. The van der Waals surface area contributed by atoms with E-state index >= 15 is 0 Å². The molecule has 0 fully saturated rings. The van der Waals surface area contributed by atoms with Gasteiger partial charge in [-0.2, -0.15) is 0 Å². The van der Waals surface area contributed by atoms with Gasteiger partial charge in [0.05, 0.1) is 0 Å². The average Bonchev–Trinajstić information content (AvgIpc) is 2.80. The Morgan fingerprint density at radius 3 is 2.28 bits per heavy atom. The average molecular weight is 263 g/mol. The van der Waals surface area contributed by atoms with Gasteiger partial charge in [-0.15, -0.1) is 11.3 Å². The minimum atomic E-state index is -0.189. The van der Waals surface area contributed by atoms with Crippen molar-refractivity contribution in [2.24, 2.45) is 5.92 Å². The molecule has 1 atom stereocenters. The highest BCUT2D eigenvalue weighted by Gasteiger charge is 2.15. The van der Waals surface area contributed by atoms with Gasteiger partial charge in [-0.1, -0.05) is 26.0 Å². The van der Waals surface area contributed by atoms with E-state index in [-0.39, 0.29) is 5.82 Å². The van der Waals surface area contributed by atoms with Gasteiger partial charge in [-0.05, 0) is 42.8 Å². The highest BCUT2D eigenvalue weighted by molar-refractivity contribution is 7.15. The van der Waals surface area contributed by atoms with E-state index in [9.17, 15) is 4.39 Å². The first-order valence-electron chi connectivity index (χ1n) is 6.14. The summed E-state index contributed by atoms with van der Waals surface area (Å²) in [5.41, 5.74) is 1.08. The quantitative estimate of drug-likeness (QED) is 0.858. The molecule has 18 heavy (non-hydrogen) atoms. The summed E-state index contributed by atoms with van der Waals surface area (Å²) in [6, 6.07) is 11.3. The molecule has 0 aliphatic carbocycles. The Labute approximate surface area is 112 Å². The van der Waals surface area contributed by atoms with E-state index < -0.39 is 0 Å². The lowest BCUT2D eigenvalue weighted by atomic mass is 10.0. The third kappa shape index (κ3) is 2.79. The van der Waals surface area contributed by atoms with Crippen LogP contribution in [0, 0.1) is 11.7 Å². The summed E-state index contributed by atoms with van der Waals surface area (Å²) in [6.07, 6.45) is 0. The Balaban J connectivity index is 2.27. The first kappa shape index (κ1) is 13.2. The molecule has 1 unspecified atom stereocenters. The zero-order valence-electron chi connectivity index (χ0n) is 10.9. The summed E-state index contributed by atoms with van der Waals surface area (Å²) in [6.45, 7) is 4.41. The fourth-order valence-corrected chi connectivity index (χ4v) is 3.39. The van der Waals surface area contributed by atoms with E-state index in [1.54, 1.807) is 11.3 Å². The van der Waals surface area contributed by atoms with Crippen LogP contribution in [0.15, 0.2) is 36.4 Å². The van der Waals surface area contributed by atoms with Gasteiger partial charge in [0, 0.05) is 15.8 Å². The van der Waals surface area contributed by atoms with Gasteiger partial charge in [0.25, 0.3) is 0 Å². The van der Waals surface area contributed by atoms with Crippen LogP contribution in [0.5, 0.6) is 0 Å². The molecule has 96 valence electrons. The lowest BCUT2D eigenvalue weighted by Gasteiger charge is -2.18. The van der Waals surface area contributed by atoms with Crippen LogP contribution >= 0.6 is 11.3 Å². The maximum Gasteiger partial charge on any atom is 0.123 e. The van der Waals surface area contributed by atoms with Crippen LogP contribution in [-0.4, -0.2) is 7.05 Å². The topological polar surface area (TPSA) is 12.0 Å². The minimum Gasteiger partial charge on any atom is -0.312 e. The van der Waals surface area contributed by atoms with E-state index in [0.29, 0.717) is 12.0 Å². The number of nitrogens with one attached hydrogen (secondary N) is 1. The number of rotatable bonds is 4. The van der Waals surface area contributed by atoms with Crippen molar-refractivity contribution in [1.29, 1.82) is 0 Å². The van der Waals surface area contributed by atoms with Gasteiger partial charge in [0.15, 0.2) is 0 Å². The zero-order valence-corrected chi connectivity index (χ0v) is 11.7. The van der Waals surface area contributed by atoms with Gasteiger partial charge in [0.2, 0.25) is 0 Å². The maximum atomic E-state index is 12.9. The molecule has 2 rings (SSSR count). The molecule has 0 radical (unpaired) electrons. The fourth-order valence-electron chi connectivity index (χ4n) is 2.09. The summed E-state index contributed by atoms with van der Waals surface area (Å²) in [5.74, 6) is 0.362. The van der Waals surface area contributed by atoms with Crippen molar-refractivity contribution in [1.82, 2.24) is 5.32 Å². The molecule has 3 heteroatoms. The summed E-state index contributed by atoms with van der Waals surface area (Å²) in [4.78, 5) is 2.51. The Kier molecular flexibility index (Phi) is 4.15. The van der Waals surface area contributed by atoms with Crippen molar-refractivity contribution in [2.75, 3.05) is 7.05 Å². The molecule has 1 nitrogen and oxygen atoms in total. The van der Waals surface area contributed by atoms with Crippen molar-refractivity contribution in [3.8, 4) is 10.4 Å². The van der Waals surface area contributed by atoms with Crippen LogP contribution < -0.4 is 5.32 Å². The number of hydrogen-bond donors (Lipinski definition) is 1. The molecule has 0 spiro atoms. The largest absolute Gasteiger partial charge is 0.312 e. The number of hydrogen-bond acceptors (Lipinski definition) is 2. The van der Waals surface area contributed by atoms with Crippen molar-refractivity contribution in [2.45, 2.75) is 19.9 Å². The smallest absolute Gasteiger partial charge is 0.123 e. The van der Waals surface area contributed by atoms with Crippen molar-refractivity contribution >= 4 is 11.3 Å². The van der Waals surface area contributed by atoms with E-state index in [1.807, 2.05) is 19.2 Å². The van der Waals surface area contributed by atoms with Crippen LogP contribution in [0.4, 0.5) is 4.39 Å². The minimum absolute atomic E-state index is 0.189. The Morgan fingerprint density at radius 2 is 1.72 bits per heavy atom. The molecule has 0 aliphatic rings. The van der Waals surface area contributed by atoms with Crippen LogP contribution in [-0.2, 0) is 0 Å². The molecule has 1 N–H and O–H groups in total. The molecule has 0 saturated carbocycles. The predicted octanol–water partition coefficient (Wildman–Crippen LogP) is 4.47. The molecule has 2 aromatic rings. The van der Waals surface area contributed by atoms with Crippen molar-refractivity contribution in [3.63, 3.8) is 0 Å². The lowest BCUT2D eigenvalue weighted by Crippen LogP contribution is -2.20. The van der Waals surface area contributed by atoms with Gasteiger partial charge in [0.1, 0.15) is 5.82 Å². The first-order valence-corrected chi connectivity index (χ1v) is 6.96. The number of thiophene rings is 1. The normalized spacial score (nSPS) is 12.9. The second-order valence-electron chi connectivity index (χ2n) is 4.72.